The highest BCUT2D eigenvalue weighted by Crippen LogP contribution is 2.27. The van der Waals surface area contributed by atoms with Crippen molar-refractivity contribution in [2.45, 2.75) is 4.21 Å². The van der Waals surface area contributed by atoms with E-state index in [1.807, 2.05) is 0 Å². The third kappa shape index (κ3) is 4.60. The number of piperazine rings is 1. The molecule has 1 fully saturated rings. The number of anilines is 1. The Balaban J connectivity index is 1.57. The minimum Gasteiger partial charge on any atom is -0.368 e. The average molecular weight is 432 g/mol. The first kappa shape index (κ1) is 20.1. The number of likely N-dealkylation sites (N-methyl/N-ethyl adjacent to an activating group) is 1. The third-order valence-corrected chi connectivity index (χ3v) is 7.90. The number of nitrogens with zero attached hydrogens (tertiary/aromatic N) is 3. The summed E-state index contributed by atoms with van der Waals surface area (Å²) in [6, 6.07) is 9.18. The SMILES string of the molecule is CN(CC(=O)N1CCN(c2ccc(F)cc2)CC1)S(=O)(=O)c1ccc(Cl)s1. The largest absolute Gasteiger partial charge is 0.368 e. The number of rotatable bonds is 5. The van der Waals surface area contributed by atoms with Gasteiger partial charge in [-0.1, -0.05) is 11.6 Å². The second-order valence-corrected chi connectivity index (χ2v) is 10.2. The van der Waals surface area contributed by atoms with Crippen molar-refractivity contribution in [1.29, 1.82) is 0 Å². The van der Waals surface area contributed by atoms with Gasteiger partial charge in [-0.3, -0.25) is 4.79 Å². The molecule has 0 radical (unpaired) electrons. The first-order valence-electron chi connectivity index (χ1n) is 8.27. The summed E-state index contributed by atoms with van der Waals surface area (Å²) >= 11 is 6.77. The molecule has 2 aromatic rings. The lowest BCUT2D eigenvalue weighted by atomic mass is 10.2. The third-order valence-electron chi connectivity index (χ3n) is 4.40. The Morgan fingerprint density at radius 1 is 1.15 bits per heavy atom. The van der Waals surface area contributed by atoms with E-state index in [1.165, 1.54) is 31.3 Å². The van der Waals surface area contributed by atoms with Gasteiger partial charge in [-0.25, -0.2) is 12.8 Å². The van der Waals surface area contributed by atoms with Crippen LogP contribution in [0.25, 0.3) is 0 Å². The molecule has 0 spiro atoms. The summed E-state index contributed by atoms with van der Waals surface area (Å²) in [7, 11) is -2.35. The van der Waals surface area contributed by atoms with Crippen molar-refractivity contribution in [2.75, 3.05) is 44.7 Å². The monoisotopic (exact) mass is 431 g/mol. The average Bonchev–Trinajstić information content (AvgIpc) is 3.09. The molecule has 2 heterocycles. The van der Waals surface area contributed by atoms with Gasteiger partial charge in [0.2, 0.25) is 5.91 Å². The number of hydrogen-bond acceptors (Lipinski definition) is 5. The lowest BCUT2D eigenvalue weighted by Gasteiger charge is -2.36. The van der Waals surface area contributed by atoms with Gasteiger partial charge in [-0.05, 0) is 36.4 Å². The molecule has 3 rings (SSSR count). The van der Waals surface area contributed by atoms with Gasteiger partial charge in [0.05, 0.1) is 10.9 Å². The van der Waals surface area contributed by atoms with E-state index in [9.17, 15) is 17.6 Å². The molecule has 10 heteroatoms. The molecule has 0 N–H and O–H groups in total. The summed E-state index contributed by atoms with van der Waals surface area (Å²) in [5.74, 6) is -0.536. The van der Waals surface area contributed by atoms with E-state index in [2.05, 4.69) is 4.90 Å². The summed E-state index contributed by atoms with van der Waals surface area (Å²) in [6.45, 7) is 1.95. The number of sulfonamides is 1. The predicted octanol–water partition coefficient (Wildman–Crippen LogP) is 2.51. The minimum atomic E-state index is -3.74. The standard InChI is InChI=1S/C17H19ClFN3O3S2/c1-20(27(24,25)17-7-6-15(18)26-17)12-16(23)22-10-8-21(9-11-22)14-4-2-13(19)3-5-14/h2-7H,8-12H2,1H3. The van der Waals surface area contributed by atoms with E-state index in [1.54, 1.807) is 17.0 Å². The van der Waals surface area contributed by atoms with Crippen LogP contribution in [0.1, 0.15) is 0 Å². The molecule has 1 saturated heterocycles. The second kappa shape index (κ2) is 8.14. The van der Waals surface area contributed by atoms with Gasteiger partial charge in [-0.2, -0.15) is 4.31 Å². The lowest BCUT2D eigenvalue weighted by Crippen LogP contribution is -2.51. The van der Waals surface area contributed by atoms with Gasteiger partial charge in [0.1, 0.15) is 10.0 Å². The molecule has 0 aliphatic carbocycles. The van der Waals surface area contributed by atoms with Crippen molar-refractivity contribution >= 4 is 44.6 Å². The smallest absolute Gasteiger partial charge is 0.252 e. The Kier molecular flexibility index (Phi) is 6.05. The number of carbonyl (C=O) groups is 1. The Morgan fingerprint density at radius 3 is 2.33 bits per heavy atom. The van der Waals surface area contributed by atoms with Crippen LogP contribution in [0.4, 0.5) is 10.1 Å². The normalized spacial score (nSPS) is 15.4. The molecule has 0 atom stereocenters. The molecule has 1 aliphatic rings. The maximum Gasteiger partial charge on any atom is 0.252 e. The van der Waals surface area contributed by atoms with Gasteiger partial charge in [0.25, 0.3) is 10.0 Å². The highest BCUT2D eigenvalue weighted by Gasteiger charge is 2.28. The van der Waals surface area contributed by atoms with Crippen molar-refractivity contribution in [2.24, 2.45) is 0 Å². The molecule has 1 aliphatic heterocycles. The van der Waals surface area contributed by atoms with E-state index in [-0.39, 0.29) is 22.5 Å². The van der Waals surface area contributed by atoms with Crippen LogP contribution in [-0.4, -0.2) is 63.3 Å². The molecule has 6 nitrogen and oxygen atoms in total. The summed E-state index contributed by atoms with van der Waals surface area (Å²) < 4.78 is 39.6. The van der Waals surface area contributed by atoms with Crippen LogP contribution in [0.3, 0.4) is 0 Å². The first-order chi connectivity index (χ1) is 12.8. The van der Waals surface area contributed by atoms with Crippen molar-refractivity contribution in [3.8, 4) is 0 Å². The number of carbonyl (C=O) groups excluding carboxylic acids is 1. The highest BCUT2D eigenvalue weighted by atomic mass is 35.5. The molecule has 146 valence electrons. The van der Waals surface area contributed by atoms with Crippen LogP contribution < -0.4 is 4.90 Å². The van der Waals surface area contributed by atoms with E-state index >= 15 is 0 Å². The maximum atomic E-state index is 13.0. The number of benzene rings is 1. The van der Waals surface area contributed by atoms with Crippen LogP contribution in [0.15, 0.2) is 40.6 Å². The zero-order chi connectivity index (χ0) is 19.6. The molecule has 1 aromatic carbocycles. The fourth-order valence-electron chi connectivity index (χ4n) is 2.83. The number of thiophene rings is 1. The molecule has 0 unspecified atom stereocenters. The quantitative estimate of drug-likeness (QED) is 0.729. The van der Waals surface area contributed by atoms with Gasteiger partial charge >= 0.3 is 0 Å². The number of halogens is 2. The van der Waals surface area contributed by atoms with E-state index < -0.39 is 10.0 Å². The Hall–Kier alpha value is -1.68. The molecule has 27 heavy (non-hydrogen) atoms. The van der Waals surface area contributed by atoms with E-state index in [0.29, 0.717) is 30.5 Å². The Labute approximate surface area is 166 Å². The zero-order valence-electron chi connectivity index (χ0n) is 14.6. The fourth-order valence-corrected chi connectivity index (χ4v) is 5.65. The molecular weight excluding hydrogens is 413 g/mol. The molecule has 1 aromatic heterocycles. The summed E-state index contributed by atoms with van der Waals surface area (Å²) in [5, 5.41) is 0. The van der Waals surface area contributed by atoms with Crippen LogP contribution >= 0.6 is 22.9 Å². The summed E-state index contributed by atoms with van der Waals surface area (Å²) in [6.07, 6.45) is 0. The van der Waals surface area contributed by atoms with Crippen LogP contribution in [0, 0.1) is 5.82 Å². The summed E-state index contributed by atoms with van der Waals surface area (Å²) in [4.78, 5) is 16.2. The van der Waals surface area contributed by atoms with Crippen LogP contribution in [0.5, 0.6) is 0 Å². The molecule has 1 amide bonds. The molecule has 0 bridgehead atoms. The first-order valence-corrected chi connectivity index (χ1v) is 10.9. The minimum absolute atomic E-state index is 0.115. The van der Waals surface area contributed by atoms with Crippen molar-refractivity contribution in [1.82, 2.24) is 9.21 Å². The van der Waals surface area contributed by atoms with E-state index in [0.717, 1.165) is 21.3 Å². The Bertz CT molecular complexity index is 910. The maximum absolute atomic E-state index is 13.0. The molecular formula is C17H19ClFN3O3S2. The van der Waals surface area contributed by atoms with Crippen molar-refractivity contribution < 1.29 is 17.6 Å². The second-order valence-electron chi connectivity index (χ2n) is 6.16. The van der Waals surface area contributed by atoms with Gasteiger partial charge < -0.3 is 9.80 Å². The van der Waals surface area contributed by atoms with Crippen LogP contribution in [-0.2, 0) is 14.8 Å². The predicted molar refractivity (Wildman–Crippen MR) is 104 cm³/mol. The topological polar surface area (TPSA) is 60.9 Å². The van der Waals surface area contributed by atoms with Gasteiger partial charge in [0, 0.05) is 38.9 Å². The highest BCUT2D eigenvalue weighted by molar-refractivity contribution is 7.91. The van der Waals surface area contributed by atoms with Crippen molar-refractivity contribution in [3.63, 3.8) is 0 Å². The van der Waals surface area contributed by atoms with Crippen molar-refractivity contribution in [3.05, 3.63) is 46.6 Å². The van der Waals surface area contributed by atoms with Gasteiger partial charge in [-0.15, -0.1) is 11.3 Å². The zero-order valence-corrected chi connectivity index (χ0v) is 17.0. The Morgan fingerprint density at radius 2 is 1.78 bits per heavy atom. The number of hydrogen-bond donors (Lipinski definition) is 0. The number of amides is 1. The summed E-state index contributed by atoms with van der Waals surface area (Å²) in [5.41, 5.74) is 0.901. The molecule has 0 saturated carbocycles. The fraction of sp³-hybridized carbons (Fsp3) is 0.353. The van der Waals surface area contributed by atoms with Gasteiger partial charge in [0.15, 0.2) is 0 Å². The lowest BCUT2D eigenvalue weighted by molar-refractivity contribution is -0.131. The van der Waals surface area contributed by atoms with E-state index in [4.69, 9.17) is 11.6 Å². The van der Waals surface area contributed by atoms with Crippen LogP contribution in [0.2, 0.25) is 4.34 Å².